The minimum Gasteiger partial charge on any atom is -0.390 e. The molecule has 2 aromatic rings. The highest BCUT2D eigenvalue weighted by molar-refractivity contribution is 6.84. The summed E-state index contributed by atoms with van der Waals surface area (Å²) in [7, 11) is -1.67. The summed E-state index contributed by atoms with van der Waals surface area (Å²) in [6.07, 6.45) is -4.37. The lowest BCUT2D eigenvalue weighted by atomic mass is 10.1. The Labute approximate surface area is 152 Å². The van der Waals surface area contributed by atoms with Gasteiger partial charge in [0.15, 0.2) is 5.71 Å². The predicted octanol–water partition coefficient (Wildman–Crippen LogP) is 5.51. The Balaban J connectivity index is 2.25. The fourth-order valence-corrected chi connectivity index (χ4v) is 2.45. The van der Waals surface area contributed by atoms with Crippen LogP contribution >= 0.6 is 0 Å². The van der Waals surface area contributed by atoms with Crippen molar-refractivity contribution < 1.29 is 18.0 Å². The highest BCUT2D eigenvalue weighted by atomic mass is 28.3. The number of hydrogen-bond acceptors (Lipinski definition) is 2. The van der Waals surface area contributed by atoms with Crippen LogP contribution in [0.2, 0.25) is 19.6 Å². The zero-order chi connectivity index (χ0) is 19.2. The van der Waals surface area contributed by atoms with Gasteiger partial charge in [-0.05, 0) is 23.6 Å². The lowest BCUT2D eigenvalue weighted by Crippen LogP contribution is -2.17. The van der Waals surface area contributed by atoms with Crippen LogP contribution in [0.5, 0.6) is 0 Å². The molecule has 0 radical (unpaired) electrons. The van der Waals surface area contributed by atoms with Crippen LogP contribution in [0.3, 0.4) is 0 Å². The maximum absolute atomic E-state index is 12.7. The van der Waals surface area contributed by atoms with Crippen LogP contribution < -0.4 is 0 Å². The molecule has 2 nitrogen and oxygen atoms in total. The average molecular weight is 375 g/mol. The van der Waals surface area contributed by atoms with Crippen LogP contribution in [-0.4, -0.2) is 13.8 Å². The standard InChI is InChI=1S/C20H20F3NOSi/c1-26(2,3)14-13-19(24-25-15-16-7-5-4-6-8-16)17-9-11-18(12-10-17)20(21,22)23/h4-12H,15H2,1-3H3/b24-19+. The number of alkyl halides is 3. The number of halogens is 3. The summed E-state index contributed by atoms with van der Waals surface area (Å²) in [5.41, 5.74) is 4.24. The number of rotatable bonds is 4. The molecule has 0 N–H and O–H groups in total. The van der Waals surface area contributed by atoms with Gasteiger partial charge in [-0.2, -0.15) is 13.2 Å². The molecule has 0 saturated heterocycles. The summed E-state index contributed by atoms with van der Waals surface area (Å²) >= 11 is 0. The van der Waals surface area contributed by atoms with Gasteiger partial charge in [-0.25, -0.2) is 0 Å². The number of benzene rings is 2. The molecule has 0 unspecified atom stereocenters. The van der Waals surface area contributed by atoms with Crippen LogP contribution in [-0.2, 0) is 17.6 Å². The van der Waals surface area contributed by atoms with Crippen LogP contribution in [0, 0.1) is 11.5 Å². The third-order valence-electron chi connectivity index (χ3n) is 3.27. The van der Waals surface area contributed by atoms with Crippen molar-refractivity contribution in [3.63, 3.8) is 0 Å². The third-order valence-corrected chi connectivity index (χ3v) is 4.15. The lowest BCUT2D eigenvalue weighted by Gasteiger charge is -2.08. The highest BCUT2D eigenvalue weighted by Gasteiger charge is 2.30. The number of hydrogen-bond donors (Lipinski definition) is 0. The van der Waals surface area contributed by atoms with E-state index >= 15 is 0 Å². The molecule has 0 saturated carbocycles. The van der Waals surface area contributed by atoms with Gasteiger partial charge in [0.25, 0.3) is 0 Å². The molecule has 0 spiro atoms. The first-order valence-electron chi connectivity index (χ1n) is 8.10. The average Bonchev–Trinajstić information content (AvgIpc) is 2.57. The van der Waals surface area contributed by atoms with E-state index in [1.807, 2.05) is 30.3 Å². The molecule has 0 atom stereocenters. The number of oxime groups is 1. The van der Waals surface area contributed by atoms with Crippen LogP contribution in [0.4, 0.5) is 13.2 Å². The van der Waals surface area contributed by atoms with Crippen LogP contribution in [0.25, 0.3) is 0 Å². The molecule has 26 heavy (non-hydrogen) atoms. The SMILES string of the molecule is C[Si](C)(C)C#C/C(=N\OCc1ccccc1)c1ccc(C(F)(F)F)cc1. The molecular weight excluding hydrogens is 355 g/mol. The molecule has 6 heteroatoms. The fourth-order valence-electron chi connectivity index (χ4n) is 1.96. The molecule has 0 bridgehead atoms. The van der Waals surface area contributed by atoms with Crippen molar-refractivity contribution >= 4 is 13.8 Å². The zero-order valence-electron chi connectivity index (χ0n) is 14.9. The molecule has 2 rings (SSSR count). The van der Waals surface area contributed by atoms with E-state index in [4.69, 9.17) is 4.84 Å². The van der Waals surface area contributed by atoms with Gasteiger partial charge in [-0.1, -0.05) is 67.3 Å². The first kappa shape index (κ1) is 19.8. The van der Waals surface area contributed by atoms with Crippen LogP contribution in [0.15, 0.2) is 59.8 Å². The van der Waals surface area contributed by atoms with Gasteiger partial charge in [0.2, 0.25) is 0 Å². The van der Waals surface area contributed by atoms with Crippen molar-refractivity contribution in [3.05, 3.63) is 71.3 Å². The van der Waals surface area contributed by atoms with E-state index in [2.05, 4.69) is 36.3 Å². The second-order valence-corrected chi connectivity index (χ2v) is 11.5. The zero-order valence-corrected chi connectivity index (χ0v) is 15.9. The maximum atomic E-state index is 12.7. The second kappa shape index (κ2) is 8.24. The first-order valence-corrected chi connectivity index (χ1v) is 11.6. The van der Waals surface area contributed by atoms with Gasteiger partial charge in [0.1, 0.15) is 14.7 Å². The van der Waals surface area contributed by atoms with E-state index < -0.39 is 19.8 Å². The Morgan fingerprint density at radius 1 is 1.00 bits per heavy atom. The molecule has 0 aliphatic rings. The van der Waals surface area contributed by atoms with Gasteiger partial charge in [-0.15, -0.1) is 5.54 Å². The molecule has 0 aliphatic carbocycles. The topological polar surface area (TPSA) is 21.6 Å². The molecule has 0 fully saturated rings. The van der Waals surface area contributed by atoms with Gasteiger partial charge < -0.3 is 4.84 Å². The summed E-state index contributed by atoms with van der Waals surface area (Å²) in [5.74, 6) is 2.98. The predicted molar refractivity (Wildman–Crippen MR) is 100 cm³/mol. The van der Waals surface area contributed by atoms with Crippen molar-refractivity contribution in [3.8, 4) is 11.5 Å². The van der Waals surface area contributed by atoms with Gasteiger partial charge in [-0.3, -0.25) is 0 Å². The molecule has 0 aliphatic heterocycles. The molecule has 2 aromatic carbocycles. The molecule has 136 valence electrons. The Morgan fingerprint density at radius 2 is 1.62 bits per heavy atom. The smallest absolute Gasteiger partial charge is 0.390 e. The fraction of sp³-hybridized carbons (Fsp3) is 0.250. The van der Waals surface area contributed by atoms with E-state index in [0.717, 1.165) is 17.7 Å². The van der Waals surface area contributed by atoms with Crippen molar-refractivity contribution in [2.75, 3.05) is 0 Å². The van der Waals surface area contributed by atoms with E-state index in [9.17, 15) is 13.2 Å². The van der Waals surface area contributed by atoms with Crippen molar-refractivity contribution in [1.82, 2.24) is 0 Å². The largest absolute Gasteiger partial charge is 0.416 e. The monoisotopic (exact) mass is 375 g/mol. The normalized spacial score (nSPS) is 12.3. The Bertz CT molecular complexity index is 811. The second-order valence-electron chi connectivity index (χ2n) is 6.77. The van der Waals surface area contributed by atoms with Crippen molar-refractivity contribution in [1.29, 1.82) is 0 Å². The molecule has 0 heterocycles. The summed E-state index contributed by atoms with van der Waals surface area (Å²) in [5, 5.41) is 4.07. The van der Waals surface area contributed by atoms with Gasteiger partial charge in [0.05, 0.1) is 5.56 Å². The minimum absolute atomic E-state index is 0.263. The van der Waals surface area contributed by atoms with E-state index in [0.29, 0.717) is 11.3 Å². The summed E-state index contributed by atoms with van der Waals surface area (Å²) < 4.78 is 38.2. The van der Waals surface area contributed by atoms with Gasteiger partial charge >= 0.3 is 6.18 Å². The van der Waals surface area contributed by atoms with E-state index in [1.54, 1.807) is 0 Å². The van der Waals surface area contributed by atoms with Crippen molar-refractivity contribution in [2.24, 2.45) is 5.16 Å². The third kappa shape index (κ3) is 6.41. The van der Waals surface area contributed by atoms with Gasteiger partial charge in [0, 0.05) is 5.56 Å². The first-order chi connectivity index (χ1) is 12.1. The van der Waals surface area contributed by atoms with Crippen molar-refractivity contribution in [2.45, 2.75) is 32.4 Å². The quantitative estimate of drug-likeness (QED) is 0.299. The summed E-state index contributed by atoms with van der Waals surface area (Å²) in [6.45, 7) is 6.50. The van der Waals surface area contributed by atoms with Crippen LogP contribution in [0.1, 0.15) is 16.7 Å². The highest BCUT2D eigenvalue weighted by Crippen LogP contribution is 2.29. The Hall–Kier alpha value is -2.52. The summed E-state index contributed by atoms with van der Waals surface area (Å²) in [6, 6.07) is 14.3. The molecular formula is C20H20F3NOSi. The Kier molecular flexibility index (Phi) is 6.27. The number of nitrogens with zero attached hydrogens (tertiary/aromatic N) is 1. The Morgan fingerprint density at radius 3 is 2.15 bits per heavy atom. The van der Waals surface area contributed by atoms with E-state index in [1.165, 1.54) is 12.1 Å². The lowest BCUT2D eigenvalue weighted by molar-refractivity contribution is -0.137. The molecule has 0 amide bonds. The van der Waals surface area contributed by atoms with E-state index in [-0.39, 0.29) is 6.61 Å². The minimum atomic E-state index is -4.37. The summed E-state index contributed by atoms with van der Waals surface area (Å²) in [4.78, 5) is 5.38. The molecule has 0 aromatic heterocycles. The maximum Gasteiger partial charge on any atom is 0.416 e.